The summed E-state index contributed by atoms with van der Waals surface area (Å²) in [5.74, 6) is 2.83. The summed E-state index contributed by atoms with van der Waals surface area (Å²) in [6.07, 6.45) is 16.7. The Morgan fingerprint density at radius 3 is 1.97 bits per heavy atom. The van der Waals surface area contributed by atoms with E-state index in [-0.39, 0.29) is 0 Å². The lowest BCUT2D eigenvalue weighted by molar-refractivity contribution is 0.190. The Hall–Kier alpha value is -2.27. The molecule has 2 atom stereocenters. The summed E-state index contributed by atoms with van der Waals surface area (Å²) in [5, 5.41) is 8.94. The second kappa shape index (κ2) is 13.2. The van der Waals surface area contributed by atoms with Crippen LogP contribution in [0.1, 0.15) is 89.5 Å². The number of hydrogen-bond acceptors (Lipinski definition) is 2. The molecular formula is C29H39NO. The molecule has 2 nitrogen and oxygen atoms in total. The van der Waals surface area contributed by atoms with E-state index < -0.39 is 0 Å². The fraction of sp³-hybridized carbons (Fsp3) is 0.552. The third kappa shape index (κ3) is 7.73. The van der Waals surface area contributed by atoms with Crippen LogP contribution in [0.25, 0.3) is 11.1 Å². The van der Waals surface area contributed by atoms with Crippen LogP contribution in [0.2, 0.25) is 0 Å². The third-order valence-corrected chi connectivity index (χ3v) is 6.93. The lowest BCUT2D eigenvalue weighted by Crippen LogP contribution is -2.20. The van der Waals surface area contributed by atoms with Gasteiger partial charge in [-0.25, -0.2) is 0 Å². The zero-order valence-electron chi connectivity index (χ0n) is 19.3. The maximum absolute atomic E-state index is 8.94. The van der Waals surface area contributed by atoms with Crippen LogP contribution in [0.3, 0.4) is 0 Å². The van der Waals surface area contributed by atoms with Crippen molar-refractivity contribution in [3.8, 4) is 22.9 Å². The summed E-state index contributed by atoms with van der Waals surface area (Å²) >= 11 is 0. The van der Waals surface area contributed by atoms with E-state index in [1.807, 2.05) is 24.3 Å². The molecule has 31 heavy (non-hydrogen) atoms. The first-order chi connectivity index (χ1) is 15.3. The molecule has 3 rings (SSSR count). The van der Waals surface area contributed by atoms with E-state index in [4.69, 9.17) is 10.00 Å². The predicted molar refractivity (Wildman–Crippen MR) is 130 cm³/mol. The highest BCUT2D eigenvalue weighted by Crippen LogP contribution is 2.36. The first-order valence-electron chi connectivity index (χ1n) is 12.5. The van der Waals surface area contributed by atoms with Crippen molar-refractivity contribution in [2.75, 3.05) is 6.61 Å². The first-order valence-corrected chi connectivity index (χ1v) is 12.5. The van der Waals surface area contributed by atoms with E-state index in [0.29, 0.717) is 5.56 Å². The molecule has 166 valence electrons. The highest BCUT2D eigenvalue weighted by molar-refractivity contribution is 5.64. The lowest BCUT2D eigenvalue weighted by atomic mass is 9.74. The number of benzene rings is 2. The van der Waals surface area contributed by atoms with Crippen LogP contribution in [0.4, 0.5) is 0 Å². The average Bonchev–Trinajstić information content (AvgIpc) is 2.83. The van der Waals surface area contributed by atoms with Crippen LogP contribution < -0.4 is 4.74 Å². The molecule has 2 heteroatoms. The van der Waals surface area contributed by atoms with Crippen molar-refractivity contribution < 1.29 is 4.74 Å². The number of nitriles is 1. The minimum Gasteiger partial charge on any atom is -0.494 e. The number of unbranched alkanes of at least 4 members (excludes halogenated alkanes) is 4. The number of rotatable bonds is 12. The number of nitrogens with zero attached hydrogens (tertiary/aromatic N) is 1. The molecule has 2 aromatic rings. The van der Waals surface area contributed by atoms with Gasteiger partial charge in [0.05, 0.1) is 18.2 Å². The highest BCUT2D eigenvalue weighted by atomic mass is 16.5. The van der Waals surface area contributed by atoms with E-state index in [1.165, 1.54) is 70.6 Å². The summed E-state index contributed by atoms with van der Waals surface area (Å²) in [6.45, 7) is 3.11. The summed E-state index contributed by atoms with van der Waals surface area (Å²) in [4.78, 5) is 0. The smallest absolute Gasteiger partial charge is 0.119 e. The zero-order chi connectivity index (χ0) is 21.7. The van der Waals surface area contributed by atoms with Crippen LogP contribution >= 0.6 is 0 Å². The van der Waals surface area contributed by atoms with E-state index in [2.05, 4.69) is 37.3 Å². The second-order valence-corrected chi connectivity index (χ2v) is 9.21. The molecule has 1 fully saturated rings. The summed E-state index contributed by atoms with van der Waals surface area (Å²) in [6, 6.07) is 18.2. The summed E-state index contributed by atoms with van der Waals surface area (Å²) < 4.78 is 6.04. The molecule has 0 amide bonds. The minimum absolute atomic E-state index is 0.695. The Balaban J connectivity index is 1.38. The molecule has 0 heterocycles. The Labute approximate surface area is 189 Å². The van der Waals surface area contributed by atoms with Gasteiger partial charge in [0.25, 0.3) is 0 Å². The quantitative estimate of drug-likeness (QED) is 0.324. The molecule has 1 saturated carbocycles. The topological polar surface area (TPSA) is 33.0 Å². The van der Waals surface area contributed by atoms with Gasteiger partial charge in [-0.05, 0) is 60.1 Å². The van der Waals surface area contributed by atoms with Crippen molar-refractivity contribution in [3.05, 3.63) is 54.1 Å². The van der Waals surface area contributed by atoms with Crippen LogP contribution in [-0.2, 0) is 0 Å². The van der Waals surface area contributed by atoms with E-state index in [1.54, 1.807) is 0 Å². The molecule has 0 saturated heterocycles. The van der Waals surface area contributed by atoms with Gasteiger partial charge in [-0.1, -0.05) is 95.4 Å². The highest BCUT2D eigenvalue weighted by Gasteiger charge is 2.24. The molecule has 0 N–H and O–H groups in total. The largest absolute Gasteiger partial charge is 0.494 e. The fourth-order valence-electron chi connectivity index (χ4n) is 5.07. The Kier molecular flexibility index (Phi) is 9.97. The van der Waals surface area contributed by atoms with Crippen LogP contribution in [0.15, 0.2) is 48.5 Å². The second-order valence-electron chi connectivity index (χ2n) is 9.21. The Morgan fingerprint density at radius 2 is 1.35 bits per heavy atom. The maximum atomic E-state index is 8.94. The molecule has 1 aliphatic rings. The molecule has 0 radical (unpaired) electrons. The van der Waals surface area contributed by atoms with Crippen molar-refractivity contribution in [3.63, 3.8) is 0 Å². The zero-order valence-corrected chi connectivity index (χ0v) is 19.3. The third-order valence-electron chi connectivity index (χ3n) is 6.93. The van der Waals surface area contributed by atoms with Crippen LogP contribution in [-0.4, -0.2) is 6.61 Å². The van der Waals surface area contributed by atoms with Crippen molar-refractivity contribution in [1.82, 2.24) is 0 Å². The lowest BCUT2D eigenvalue weighted by Gasteiger charge is -2.31. The molecule has 2 aromatic carbocycles. The molecule has 0 spiro atoms. The van der Waals surface area contributed by atoms with Gasteiger partial charge in [0.15, 0.2) is 0 Å². The average molecular weight is 418 g/mol. The van der Waals surface area contributed by atoms with Gasteiger partial charge in [-0.3, -0.25) is 0 Å². The van der Waals surface area contributed by atoms with Crippen LogP contribution in [0, 0.1) is 23.2 Å². The van der Waals surface area contributed by atoms with E-state index in [0.717, 1.165) is 41.7 Å². The van der Waals surface area contributed by atoms with Gasteiger partial charge in [-0.2, -0.15) is 5.26 Å². The fourth-order valence-corrected chi connectivity index (χ4v) is 5.07. The van der Waals surface area contributed by atoms with Gasteiger partial charge in [0, 0.05) is 0 Å². The maximum Gasteiger partial charge on any atom is 0.119 e. The molecule has 1 aliphatic carbocycles. The predicted octanol–water partition coefficient (Wildman–Crippen LogP) is 8.55. The number of ether oxygens (including phenoxy) is 1. The van der Waals surface area contributed by atoms with Gasteiger partial charge in [0.2, 0.25) is 0 Å². The van der Waals surface area contributed by atoms with Gasteiger partial charge >= 0.3 is 0 Å². The number of hydrogen-bond donors (Lipinski definition) is 0. The van der Waals surface area contributed by atoms with E-state index in [9.17, 15) is 0 Å². The van der Waals surface area contributed by atoms with E-state index >= 15 is 0 Å². The molecule has 0 aromatic heterocycles. The molecule has 0 bridgehead atoms. The van der Waals surface area contributed by atoms with Gasteiger partial charge in [-0.15, -0.1) is 0 Å². The first kappa shape index (κ1) is 23.4. The van der Waals surface area contributed by atoms with Crippen molar-refractivity contribution >= 4 is 0 Å². The van der Waals surface area contributed by atoms with Gasteiger partial charge < -0.3 is 4.74 Å². The van der Waals surface area contributed by atoms with Crippen LogP contribution in [0.5, 0.6) is 5.75 Å². The van der Waals surface area contributed by atoms with Crippen molar-refractivity contribution in [1.29, 1.82) is 5.26 Å². The summed E-state index contributed by atoms with van der Waals surface area (Å²) in [5.41, 5.74) is 2.98. The monoisotopic (exact) mass is 417 g/mol. The standard InChI is InChI=1S/C29H39NO/c1-2-3-4-5-6-10-25-11-7-8-12-26(25)13-9-22-31-29-20-18-28(19-21-29)27-16-14-24(23-30)15-17-27/h14-21,25-26H,2-13,22H2,1H3. The van der Waals surface area contributed by atoms with Gasteiger partial charge in [0.1, 0.15) is 5.75 Å². The summed E-state index contributed by atoms with van der Waals surface area (Å²) in [7, 11) is 0. The van der Waals surface area contributed by atoms with Crippen molar-refractivity contribution in [2.24, 2.45) is 11.8 Å². The molecular weight excluding hydrogens is 378 g/mol. The Morgan fingerprint density at radius 1 is 0.774 bits per heavy atom. The molecule has 2 unspecified atom stereocenters. The Bertz CT molecular complexity index is 787. The molecule has 0 aliphatic heterocycles. The SMILES string of the molecule is CCCCCCCC1CCCCC1CCCOc1ccc(-c2ccc(C#N)cc2)cc1. The normalized spacial score (nSPS) is 18.5. The minimum atomic E-state index is 0.695. The van der Waals surface area contributed by atoms with Crippen molar-refractivity contribution in [2.45, 2.75) is 84.0 Å².